The van der Waals surface area contributed by atoms with Crippen LogP contribution in [0.5, 0.6) is 0 Å². The van der Waals surface area contributed by atoms with E-state index in [1.54, 1.807) is 12.3 Å². The average molecular weight is 276 g/mol. The SMILES string of the molecule is CN(Cc1noc(-c2ccco2)n1)C1CCCC1CN. The fraction of sp³-hybridized carbons (Fsp3) is 0.571. The highest BCUT2D eigenvalue weighted by Gasteiger charge is 2.29. The van der Waals surface area contributed by atoms with Gasteiger partial charge in [0, 0.05) is 6.04 Å². The lowest BCUT2D eigenvalue weighted by Crippen LogP contribution is -2.37. The molecule has 2 N–H and O–H groups in total. The summed E-state index contributed by atoms with van der Waals surface area (Å²) in [5.74, 6) is 2.30. The van der Waals surface area contributed by atoms with Crippen molar-refractivity contribution in [3.05, 3.63) is 24.2 Å². The lowest BCUT2D eigenvalue weighted by Gasteiger charge is -2.27. The van der Waals surface area contributed by atoms with Crippen LogP contribution in [0.2, 0.25) is 0 Å². The molecule has 3 rings (SSSR count). The van der Waals surface area contributed by atoms with E-state index < -0.39 is 0 Å². The molecule has 0 bridgehead atoms. The number of aromatic nitrogens is 2. The summed E-state index contributed by atoms with van der Waals surface area (Å²) in [5.41, 5.74) is 5.83. The lowest BCUT2D eigenvalue weighted by molar-refractivity contribution is 0.186. The number of rotatable bonds is 5. The summed E-state index contributed by atoms with van der Waals surface area (Å²) < 4.78 is 10.5. The van der Waals surface area contributed by atoms with Gasteiger partial charge in [-0.25, -0.2) is 0 Å². The van der Waals surface area contributed by atoms with Gasteiger partial charge in [-0.05, 0) is 44.5 Å². The zero-order chi connectivity index (χ0) is 13.9. The minimum absolute atomic E-state index is 0.431. The van der Waals surface area contributed by atoms with E-state index in [1.807, 2.05) is 6.07 Å². The van der Waals surface area contributed by atoms with Gasteiger partial charge >= 0.3 is 0 Å². The first-order valence-corrected chi connectivity index (χ1v) is 7.04. The molecule has 1 fully saturated rings. The van der Waals surface area contributed by atoms with Gasteiger partial charge in [0.25, 0.3) is 5.89 Å². The van der Waals surface area contributed by atoms with Crippen molar-refractivity contribution in [2.45, 2.75) is 31.8 Å². The molecule has 0 radical (unpaired) electrons. The fourth-order valence-electron chi connectivity index (χ4n) is 3.03. The van der Waals surface area contributed by atoms with Gasteiger partial charge in [-0.3, -0.25) is 4.90 Å². The Morgan fingerprint density at radius 1 is 1.45 bits per heavy atom. The van der Waals surface area contributed by atoms with Crippen LogP contribution in [-0.4, -0.2) is 34.7 Å². The Balaban J connectivity index is 1.66. The summed E-state index contributed by atoms with van der Waals surface area (Å²) in [6, 6.07) is 4.13. The minimum Gasteiger partial charge on any atom is -0.459 e. The summed E-state index contributed by atoms with van der Waals surface area (Å²) in [6.07, 6.45) is 5.26. The second kappa shape index (κ2) is 5.76. The summed E-state index contributed by atoms with van der Waals surface area (Å²) >= 11 is 0. The molecule has 1 aliphatic carbocycles. The van der Waals surface area contributed by atoms with E-state index >= 15 is 0 Å². The Kier molecular flexibility index (Phi) is 3.84. The molecule has 1 aliphatic rings. The number of hydrogen-bond acceptors (Lipinski definition) is 6. The van der Waals surface area contributed by atoms with Crippen LogP contribution in [0.4, 0.5) is 0 Å². The first kappa shape index (κ1) is 13.3. The van der Waals surface area contributed by atoms with Crippen molar-refractivity contribution >= 4 is 0 Å². The van der Waals surface area contributed by atoms with Crippen LogP contribution in [-0.2, 0) is 6.54 Å². The first-order chi connectivity index (χ1) is 9.78. The Morgan fingerprint density at radius 2 is 2.35 bits per heavy atom. The van der Waals surface area contributed by atoms with Crippen LogP contribution in [0.3, 0.4) is 0 Å². The summed E-state index contributed by atoms with van der Waals surface area (Å²) in [7, 11) is 2.10. The van der Waals surface area contributed by atoms with Crippen LogP contribution >= 0.6 is 0 Å². The normalized spacial score (nSPS) is 22.8. The van der Waals surface area contributed by atoms with Crippen molar-refractivity contribution in [1.29, 1.82) is 0 Å². The molecule has 0 spiro atoms. The molecule has 20 heavy (non-hydrogen) atoms. The van der Waals surface area contributed by atoms with Crippen molar-refractivity contribution in [1.82, 2.24) is 15.0 Å². The lowest BCUT2D eigenvalue weighted by atomic mass is 10.0. The largest absolute Gasteiger partial charge is 0.459 e. The Labute approximate surface area is 117 Å². The van der Waals surface area contributed by atoms with Crippen LogP contribution < -0.4 is 5.73 Å². The highest BCUT2D eigenvalue weighted by atomic mass is 16.5. The maximum Gasteiger partial charge on any atom is 0.293 e. The summed E-state index contributed by atoms with van der Waals surface area (Å²) in [5, 5.41) is 4.02. The van der Waals surface area contributed by atoms with Gasteiger partial charge in [-0.2, -0.15) is 4.98 Å². The fourth-order valence-corrected chi connectivity index (χ4v) is 3.03. The predicted octanol–water partition coefficient (Wildman–Crippen LogP) is 1.89. The van der Waals surface area contributed by atoms with E-state index in [0.717, 1.165) is 6.54 Å². The molecule has 6 heteroatoms. The van der Waals surface area contributed by atoms with Gasteiger partial charge in [0.05, 0.1) is 12.8 Å². The van der Waals surface area contributed by atoms with Crippen molar-refractivity contribution in [2.24, 2.45) is 11.7 Å². The molecule has 1 saturated carbocycles. The maximum atomic E-state index is 5.83. The highest BCUT2D eigenvalue weighted by Crippen LogP contribution is 2.29. The Bertz CT molecular complexity index is 537. The van der Waals surface area contributed by atoms with Crippen molar-refractivity contribution in [3.63, 3.8) is 0 Å². The highest BCUT2D eigenvalue weighted by molar-refractivity contribution is 5.42. The van der Waals surface area contributed by atoms with Crippen LogP contribution in [0.25, 0.3) is 11.7 Å². The van der Waals surface area contributed by atoms with Crippen molar-refractivity contribution in [3.8, 4) is 11.7 Å². The van der Waals surface area contributed by atoms with E-state index in [4.69, 9.17) is 14.7 Å². The van der Waals surface area contributed by atoms with E-state index in [9.17, 15) is 0 Å². The van der Waals surface area contributed by atoms with Gasteiger partial charge in [-0.15, -0.1) is 0 Å². The van der Waals surface area contributed by atoms with Gasteiger partial charge < -0.3 is 14.7 Å². The van der Waals surface area contributed by atoms with Crippen LogP contribution in [0.1, 0.15) is 25.1 Å². The third-order valence-electron chi connectivity index (χ3n) is 4.08. The molecule has 108 valence electrons. The maximum absolute atomic E-state index is 5.83. The molecule has 0 aromatic carbocycles. The predicted molar refractivity (Wildman–Crippen MR) is 73.7 cm³/mol. The number of nitrogens with two attached hydrogens (primary N) is 1. The second-order valence-corrected chi connectivity index (χ2v) is 5.40. The van der Waals surface area contributed by atoms with Gasteiger partial charge in [-0.1, -0.05) is 11.6 Å². The second-order valence-electron chi connectivity index (χ2n) is 5.40. The third-order valence-corrected chi connectivity index (χ3v) is 4.08. The number of hydrogen-bond donors (Lipinski definition) is 1. The molecule has 2 atom stereocenters. The average Bonchev–Trinajstić information content (AvgIpc) is 3.19. The topological polar surface area (TPSA) is 81.3 Å². The van der Waals surface area contributed by atoms with Crippen molar-refractivity contribution in [2.75, 3.05) is 13.6 Å². The molecular weight excluding hydrogens is 256 g/mol. The molecule has 0 saturated heterocycles. The molecule has 2 aromatic heterocycles. The van der Waals surface area contributed by atoms with E-state index in [0.29, 0.717) is 36.0 Å². The molecule has 0 amide bonds. The molecule has 2 aromatic rings. The number of furan rings is 1. The molecular formula is C14H20N4O2. The van der Waals surface area contributed by atoms with Gasteiger partial charge in [0.2, 0.25) is 0 Å². The Morgan fingerprint density at radius 3 is 3.10 bits per heavy atom. The van der Waals surface area contributed by atoms with Crippen LogP contribution in [0, 0.1) is 5.92 Å². The number of nitrogens with zero attached hydrogens (tertiary/aromatic N) is 3. The van der Waals surface area contributed by atoms with E-state index in [2.05, 4.69) is 22.1 Å². The minimum atomic E-state index is 0.431. The standard InChI is InChI=1S/C14H20N4O2/c1-18(11-5-2-4-10(11)8-15)9-13-16-14(20-17-13)12-6-3-7-19-12/h3,6-7,10-11H,2,4-5,8-9,15H2,1H3. The van der Waals surface area contributed by atoms with E-state index in [1.165, 1.54) is 19.3 Å². The van der Waals surface area contributed by atoms with Crippen LogP contribution in [0.15, 0.2) is 27.3 Å². The van der Waals surface area contributed by atoms with Gasteiger partial charge in [0.1, 0.15) is 0 Å². The monoisotopic (exact) mass is 276 g/mol. The Hall–Kier alpha value is -1.66. The quantitative estimate of drug-likeness (QED) is 0.898. The molecule has 6 nitrogen and oxygen atoms in total. The molecule has 0 aliphatic heterocycles. The smallest absolute Gasteiger partial charge is 0.293 e. The van der Waals surface area contributed by atoms with Gasteiger partial charge in [0.15, 0.2) is 11.6 Å². The third kappa shape index (κ3) is 2.62. The molecule has 2 unspecified atom stereocenters. The first-order valence-electron chi connectivity index (χ1n) is 7.04. The van der Waals surface area contributed by atoms with Crippen molar-refractivity contribution < 1.29 is 8.94 Å². The molecule has 2 heterocycles. The van der Waals surface area contributed by atoms with E-state index in [-0.39, 0.29) is 0 Å². The summed E-state index contributed by atoms with van der Waals surface area (Å²) in [6.45, 7) is 1.42. The zero-order valence-electron chi connectivity index (χ0n) is 11.7. The zero-order valence-corrected chi connectivity index (χ0v) is 11.7. The summed E-state index contributed by atoms with van der Waals surface area (Å²) in [4.78, 5) is 6.65.